The summed E-state index contributed by atoms with van der Waals surface area (Å²) in [5.74, 6) is -1.54. The normalized spacial score (nSPS) is 13.0. The van der Waals surface area contributed by atoms with E-state index in [9.17, 15) is 26.4 Å². The van der Waals surface area contributed by atoms with Crippen LogP contribution in [0.25, 0.3) is 10.6 Å². The molecule has 0 bridgehead atoms. The van der Waals surface area contributed by atoms with Gasteiger partial charge in [0.2, 0.25) is 10.0 Å². The number of methoxy groups -OCH3 is 1. The maximum atomic E-state index is 12.4. The molecule has 8 nitrogen and oxygen atoms in total. The first-order valence-electron chi connectivity index (χ1n) is 8.82. The van der Waals surface area contributed by atoms with Gasteiger partial charge in [0.05, 0.1) is 19.1 Å². The Morgan fingerprint density at radius 3 is 2.55 bits per heavy atom. The van der Waals surface area contributed by atoms with E-state index in [0.29, 0.717) is 26.9 Å². The van der Waals surface area contributed by atoms with E-state index < -0.39 is 28.3 Å². The van der Waals surface area contributed by atoms with Crippen LogP contribution in [-0.2, 0) is 19.6 Å². The molecule has 0 radical (unpaired) electrons. The van der Waals surface area contributed by atoms with Crippen molar-refractivity contribution in [3.05, 3.63) is 28.8 Å². The number of hydrogen-bond donors (Lipinski definition) is 1. The fourth-order valence-corrected chi connectivity index (χ4v) is 3.95. The van der Waals surface area contributed by atoms with Crippen molar-refractivity contribution >= 4 is 27.3 Å². The molecule has 0 fully saturated rings. The number of esters is 1. The summed E-state index contributed by atoms with van der Waals surface area (Å²) in [7, 11) is -1.91. The molecular formula is C18H21F3N2O6S2. The molecule has 31 heavy (non-hydrogen) atoms. The third kappa shape index (κ3) is 7.08. The molecule has 0 aliphatic heterocycles. The minimum absolute atomic E-state index is 0.0411. The Morgan fingerprint density at radius 2 is 1.97 bits per heavy atom. The van der Waals surface area contributed by atoms with Gasteiger partial charge in [-0.3, -0.25) is 0 Å². The number of rotatable bonds is 9. The molecule has 0 saturated carbocycles. The Labute approximate surface area is 181 Å². The van der Waals surface area contributed by atoms with Crippen molar-refractivity contribution in [2.24, 2.45) is 0 Å². The van der Waals surface area contributed by atoms with Crippen LogP contribution in [0.2, 0.25) is 0 Å². The van der Waals surface area contributed by atoms with Crippen LogP contribution in [-0.4, -0.2) is 52.1 Å². The highest BCUT2D eigenvalue weighted by atomic mass is 32.2. The molecule has 1 atom stereocenters. The van der Waals surface area contributed by atoms with E-state index in [0.717, 1.165) is 6.26 Å². The molecule has 0 unspecified atom stereocenters. The van der Waals surface area contributed by atoms with Gasteiger partial charge >= 0.3 is 12.1 Å². The number of alkyl halides is 3. The number of nitrogens with one attached hydrogen (secondary N) is 1. The third-order valence-electron chi connectivity index (χ3n) is 3.87. The predicted molar refractivity (Wildman–Crippen MR) is 108 cm³/mol. The van der Waals surface area contributed by atoms with Gasteiger partial charge in [0.25, 0.3) is 0 Å². The van der Waals surface area contributed by atoms with Crippen molar-refractivity contribution in [2.75, 3.05) is 26.5 Å². The first-order chi connectivity index (χ1) is 14.3. The molecule has 1 aromatic carbocycles. The Bertz CT molecular complexity index is 1040. The molecule has 0 amide bonds. The number of hydrogen-bond acceptors (Lipinski definition) is 8. The zero-order valence-corrected chi connectivity index (χ0v) is 18.7. The zero-order valence-electron chi connectivity index (χ0n) is 17.1. The monoisotopic (exact) mass is 482 g/mol. The number of sulfonamides is 1. The van der Waals surface area contributed by atoms with Crippen LogP contribution in [0.15, 0.2) is 18.2 Å². The Kier molecular flexibility index (Phi) is 7.89. The fourth-order valence-electron chi connectivity index (χ4n) is 2.50. The number of thiazole rings is 1. The smallest absolute Gasteiger partial charge is 0.490 e. The van der Waals surface area contributed by atoms with E-state index in [4.69, 9.17) is 9.47 Å². The molecule has 0 aliphatic rings. The number of carbonyl (C=O) groups is 1. The average Bonchev–Trinajstić information content (AvgIpc) is 3.05. The minimum Gasteiger partial charge on any atom is -0.493 e. The lowest BCUT2D eigenvalue weighted by Crippen LogP contribution is -2.26. The quantitative estimate of drug-likeness (QED) is 0.432. The van der Waals surface area contributed by atoms with Gasteiger partial charge < -0.3 is 14.2 Å². The van der Waals surface area contributed by atoms with Crippen LogP contribution in [0.3, 0.4) is 0 Å². The third-order valence-corrected chi connectivity index (χ3v) is 5.63. The van der Waals surface area contributed by atoms with Crippen LogP contribution in [0.5, 0.6) is 11.5 Å². The fraction of sp³-hybridized carbons (Fsp3) is 0.444. The number of ether oxygens (including phenoxy) is 3. The van der Waals surface area contributed by atoms with Gasteiger partial charge in [0.15, 0.2) is 11.5 Å². The van der Waals surface area contributed by atoms with Gasteiger partial charge in [-0.2, -0.15) is 13.2 Å². The maximum Gasteiger partial charge on any atom is 0.490 e. The van der Waals surface area contributed by atoms with Crippen molar-refractivity contribution in [1.29, 1.82) is 0 Å². The van der Waals surface area contributed by atoms with Crippen LogP contribution in [0.1, 0.15) is 23.6 Å². The van der Waals surface area contributed by atoms with Crippen LogP contribution < -0.4 is 14.2 Å². The van der Waals surface area contributed by atoms with E-state index in [1.54, 1.807) is 25.1 Å². The summed E-state index contributed by atoms with van der Waals surface area (Å²) in [6, 6.07) is 4.93. The topological polar surface area (TPSA) is 104 Å². The number of halogens is 3. The van der Waals surface area contributed by atoms with E-state index >= 15 is 0 Å². The Hall–Kier alpha value is -2.38. The minimum atomic E-state index is -5.09. The van der Waals surface area contributed by atoms with Gasteiger partial charge in [-0.1, -0.05) is 0 Å². The number of aromatic nitrogens is 1. The Morgan fingerprint density at radius 1 is 1.29 bits per heavy atom. The number of carbonyl (C=O) groups excluding carboxylic acids is 1. The molecule has 1 N–H and O–H groups in total. The molecular weight excluding hydrogens is 461 g/mol. The SMILES string of the molecule is COc1ccc(-c2nc([C@H](C)OC(=O)C(F)(F)F)c(C)s2)cc1OCCNS(C)(=O)=O. The van der Waals surface area contributed by atoms with Gasteiger partial charge in [0.1, 0.15) is 17.7 Å². The highest BCUT2D eigenvalue weighted by Crippen LogP contribution is 2.37. The van der Waals surface area contributed by atoms with Crippen LogP contribution in [0.4, 0.5) is 13.2 Å². The molecule has 13 heteroatoms. The van der Waals surface area contributed by atoms with Crippen molar-refractivity contribution in [3.8, 4) is 22.1 Å². The second-order valence-corrected chi connectivity index (χ2v) is 9.42. The molecule has 0 aliphatic carbocycles. The summed E-state index contributed by atoms with van der Waals surface area (Å²) in [4.78, 5) is 16.0. The number of aryl methyl sites for hydroxylation is 1. The predicted octanol–water partition coefficient (Wildman–Crippen LogP) is 3.22. The van der Waals surface area contributed by atoms with E-state index in [-0.39, 0.29) is 18.8 Å². The number of nitrogens with zero attached hydrogens (tertiary/aromatic N) is 1. The van der Waals surface area contributed by atoms with Crippen molar-refractivity contribution in [1.82, 2.24) is 9.71 Å². The second-order valence-electron chi connectivity index (χ2n) is 6.39. The van der Waals surface area contributed by atoms with Gasteiger partial charge in [-0.15, -0.1) is 11.3 Å². The molecule has 2 rings (SSSR count). The van der Waals surface area contributed by atoms with Gasteiger partial charge in [-0.05, 0) is 32.0 Å². The molecule has 0 spiro atoms. The maximum absolute atomic E-state index is 12.4. The van der Waals surface area contributed by atoms with Gasteiger partial charge in [0, 0.05) is 17.0 Å². The summed E-state index contributed by atoms with van der Waals surface area (Å²) < 4.78 is 77.2. The molecule has 0 saturated heterocycles. The van der Waals surface area contributed by atoms with Crippen LogP contribution in [0, 0.1) is 6.92 Å². The lowest BCUT2D eigenvalue weighted by Gasteiger charge is -2.13. The number of benzene rings is 1. The van der Waals surface area contributed by atoms with Crippen molar-refractivity contribution in [2.45, 2.75) is 26.1 Å². The zero-order chi connectivity index (χ0) is 23.4. The highest BCUT2D eigenvalue weighted by Gasteiger charge is 2.42. The van der Waals surface area contributed by atoms with Crippen molar-refractivity contribution in [3.63, 3.8) is 0 Å². The second kappa shape index (κ2) is 9.83. The van der Waals surface area contributed by atoms with Gasteiger partial charge in [-0.25, -0.2) is 22.9 Å². The largest absolute Gasteiger partial charge is 0.493 e. The molecule has 172 valence electrons. The van der Waals surface area contributed by atoms with E-state index in [1.807, 2.05) is 0 Å². The van der Waals surface area contributed by atoms with E-state index in [1.165, 1.54) is 25.4 Å². The lowest BCUT2D eigenvalue weighted by molar-refractivity contribution is -0.204. The first kappa shape index (κ1) is 24.9. The summed E-state index contributed by atoms with van der Waals surface area (Å²) in [6.45, 7) is 3.06. The van der Waals surface area contributed by atoms with E-state index in [2.05, 4.69) is 14.4 Å². The summed E-state index contributed by atoms with van der Waals surface area (Å²) in [5.41, 5.74) is 0.814. The standard InChI is InChI=1S/C18H21F3N2O6S2/c1-10(29-17(24)18(19,20)21)15-11(2)30-16(23-15)12-5-6-13(27-3)14(9-12)28-8-7-22-31(4,25)26/h5-6,9-10,22H,7-8H2,1-4H3/t10-/m0/s1. The Balaban J connectivity index is 2.21. The summed E-state index contributed by atoms with van der Waals surface area (Å²) >= 11 is 1.21. The molecule has 1 heterocycles. The molecule has 1 aromatic heterocycles. The first-order valence-corrected chi connectivity index (χ1v) is 11.5. The van der Waals surface area contributed by atoms with Crippen LogP contribution >= 0.6 is 11.3 Å². The molecule has 2 aromatic rings. The summed E-state index contributed by atoms with van der Waals surface area (Å²) in [6.07, 6.45) is -5.24. The lowest BCUT2D eigenvalue weighted by atomic mass is 10.2. The van der Waals surface area contributed by atoms with Crippen molar-refractivity contribution < 1.29 is 40.6 Å². The highest BCUT2D eigenvalue weighted by molar-refractivity contribution is 7.88. The summed E-state index contributed by atoms with van der Waals surface area (Å²) in [5, 5.41) is 0.476. The average molecular weight is 483 g/mol.